The van der Waals surface area contributed by atoms with Crippen LogP contribution in [0.25, 0.3) is 26.6 Å². The summed E-state index contributed by atoms with van der Waals surface area (Å²) < 4.78 is 20.9. The van der Waals surface area contributed by atoms with E-state index in [-0.39, 0.29) is 23.6 Å². The van der Waals surface area contributed by atoms with E-state index in [4.69, 9.17) is 10.5 Å². The quantitative estimate of drug-likeness (QED) is 0.386. The van der Waals surface area contributed by atoms with Gasteiger partial charge in [-0.1, -0.05) is 11.8 Å². The number of halogens is 1. The van der Waals surface area contributed by atoms with Gasteiger partial charge < -0.3 is 15.8 Å². The fourth-order valence-corrected chi connectivity index (χ4v) is 5.48. The molecule has 8 nitrogen and oxygen atoms in total. The fraction of sp³-hybridized carbons (Fsp3) is 0.273. The molecule has 1 fully saturated rings. The van der Waals surface area contributed by atoms with E-state index in [0.29, 0.717) is 28.9 Å². The molecule has 0 radical (unpaired) electrons. The molecule has 4 aromatic rings. The van der Waals surface area contributed by atoms with Gasteiger partial charge in [-0.25, -0.2) is 9.37 Å². The first kappa shape index (κ1) is 21.8. The number of anilines is 1. The number of nitrogens with two attached hydrogens (primary N) is 1. The first-order valence-electron chi connectivity index (χ1n) is 10.5. The number of nitrogen functional groups attached to an aromatic ring is 1. The van der Waals surface area contributed by atoms with Crippen molar-refractivity contribution in [2.75, 3.05) is 24.6 Å². The number of pyridine rings is 1. The fourth-order valence-electron chi connectivity index (χ4n) is 3.66. The van der Waals surface area contributed by atoms with Crippen molar-refractivity contribution in [3.63, 3.8) is 0 Å². The van der Waals surface area contributed by atoms with E-state index in [2.05, 4.69) is 20.5 Å². The zero-order valence-corrected chi connectivity index (χ0v) is 19.2. The molecular formula is C22H21FN6O2S2. The zero-order chi connectivity index (χ0) is 22.8. The number of aromatic nitrogens is 4. The van der Waals surface area contributed by atoms with Crippen molar-refractivity contribution in [1.82, 2.24) is 25.1 Å². The number of hydrogen-bond donors (Lipinski definition) is 2. The summed E-state index contributed by atoms with van der Waals surface area (Å²) in [5.41, 5.74) is 7.65. The third-order valence-corrected chi connectivity index (χ3v) is 7.36. The van der Waals surface area contributed by atoms with E-state index in [0.717, 1.165) is 34.5 Å². The molecule has 0 spiro atoms. The molecule has 1 amide bonds. The van der Waals surface area contributed by atoms with Crippen LogP contribution in [0.3, 0.4) is 0 Å². The lowest BCUT2D eigenvalue weighted by Gasteiger charge is -2.12. The number of carbonyl (C=O) groups is 1. The molecule has 4 heterocycles. The molecule has 3 aromatic heterocycles. The average molecular weight is 485 g/mol. The SMILES string of the molecule is Nc1c(-c2nnc(SCC(=O)NCC3CCCO3)n2-c2ccc(F)cc2)sc2ncccc12. The lowest BCUT2D eigenvalue weighted by Crippen LogP contribution is -2.32. The Hall–Kier alpha value is -3.02. The highest BCUT2D eigenvalue weighted by Gasteiger charge is 2.23. The van der Waals surface area contributed by atoms with Crippen LogP contribution in [0.5, 0.6) is 0 Å². The third-order valence-electron chi connectivity index (χ3n) is 5.31. The highest BCUT2D eigenvalue weighted by molar-refractivity contribution is 7.99. The first-order valence-corrected chi connectivity index (χ1v) is 12.3. The molecule has 0 bridgehead atoms. The number of rotatable bonds is 7. The molecule has 0 saturated carbocycles. The molecule has 1 saturated heterocycles. The molecule has 5 rings (SSSR count). The van der Waals surface area contributed by atoms with Gasteiger partial charge in [-0.2, -0.15) is 0 Å². The van der Waals surface area contributed by atoms with Crippen LogP contribution in [0.2, 0.25) is 0 Å². The van der Waals surface area contributed by atoms with E-state index in [1.54, 1.807) is 22.9 Å². The van der Waals surface area contributed by atoms with Crippen molar-refractivity contribution in [3.8, 4) is 16.4 Å². The molecule has 1 aliphatic heterocycles. The molecule has 1 aliphatic rings. The van der Waals surface area contributed by atoms with Crippen LogP contribution in [-0.4, -0.2) is 50.7 Å². The van der Waals surface area contributed by atoms with Crippen molar-refractivity contribution in [1.29, 1.82) is 0 Å². The summed E-state index contributed by atoms with van der Waals surface area (Å²) >= 11 is 2.67. The molecule has 170 valence electrons. The number of thioether (sulfide) groups is 1. The minimum atomic E-state index is -0.346. The Kier molecular flexibility index (Phi) is 6.25. The second-order valence-corrected chi connectivity index (χ2v) is 9.49. The van der Waals surface area contributed by atoms with E-state index in [1.165, 1.54) is 35.2 Å². The summed E-state index contributed by atoms with van der Waals surface area (Å²) in [6.45, 7) is 1.25. The maximum Gasteiger partial charge on any atom is 0.230 e. The summed E-state index contributed by atoms with van der Waals surface area (Å²) in [6, 6.07) is 9.77. The Bertz CT molecular complexity index is 1280. The van der Waals surface area contributed by atoms with Crippen LogP contribution in [0.15, 0.2) is 47.8 Å². The van der Waals surface area contributed by atoms with Crippen LogP contribution < -0.4 is 11.1 Å². The summed E-state index contributed by atoms with van der Waals surface area (Å²) in [6.07, 6.45) is 3.78. The summed E-state index contributed by atoms with van der Waals surface area (Å²) in [5, 5.41) is 13.0. The number of nitrogens with one attached hydrogen (secondary N) is 1. The van der Waals surface area contributed by atoms with Crippen LogP contribution in [0.1, 0.15) is 12.8 Å². The second kappa shape index (κ2) is 9.46. The van der Waals surface area contributed by atoms with Crippen LogP contribution in [-0.2, 0) is 9.53 Å². The van der Waals surface area contributed by atoms with Crippen molar-refractivity contribution in [3.05, 3.63) is 48.4 Å². The smallest absolute Gasteiger partial charge is 0.230 e. The standard InChI is InChI=1S/C22H21FN6O2S2/c23-13-5-7-14(8-6-13)29-20(19-18(24)16-4-1-9-25-21(16)33-19)27-28-22(29)32-12-17(30)26-11-15-3-2-10-31-15/h1,4-9,15H,2-3,10-12,24H2,(H,26,30). The molecule has 11 heteroatoms. The van der Waals surface area contributed by atoms with Gasteiger partial charge in [-0.05, 0) is 49.2 Å². The van der Waals surface area contributed by atoms with Gasteiger partial charge in [0.25, 0.3) is 0 Å². The maximum absolute atomic E-state index is 13.6. The number of ether oxygens (including phenoxy) is 1. The van der Waals surface area contributed by atoms with Crippen molar-refractivity contribution in [2.24, 2.45) is 0 Å². The van der Waals surface area contributed by atoms with Gasteiger partial charge in [-0.3, -0.25) is 9.36 Å². The number of amides is 1. The van der Waals surface area contributed by atoms with E-state index in [1.807, 2.05) is 12.1 Å². The maximum atomic E-state index is 13.6. The summed E-state index contributed by atoms with van der Waals surface area (Å²) in [5.74, 6) is 0.220. The van der Waals surface area contributed by atoms with E-state index >= 15 is 0 Å². The lowest BCUT2D eigenvalue weighted by molar-refractivity contribution is -0.119. The summed E-state index contributed by atoms with van der Waals surface area (Å²) in [7, 11) is 0. The molecule has 1 unspecified atom stereocenters. The summed E-state index contributed by atoms with van der Waals surface area (Å²) in [4.78, 5) is 18.3. The number of thiophene rings is 1. The van der Waals surface area contributed by atoms with Gasteiger partial charge in [0.1, 0.15) is 10.6 Å². The number of nitrogens with zero attached hydrogens (tertiary/aromatic N) is 4. The van der Waals surface area contributed by atoms with Crippen molar-refractivity contribution >= 4 is 44.9 Å². The van der Waals surface area contributed by atoms with E-state index in [9.17, 15) is 9.18 Å². The highest BCUT2D eigenvalue weighted by Crippen LogP contribution is 2.40. The number of hydrogen-bond acceptors (Lipinski definition) is 8. The van der Waals surface area contributed by atoms with Crippen LogP contribution >= 0.6 is 23.1 Å². The van der Waals surface area contributed by atoms with E-state index < -0.39 is 0 Å². The molecule has 0 aliphatic carbocycles. The molecule has 33 heavy (non-hydrogen) atoms. The number of benzene rings is 1. The topological polar surface area (TPSA) is 108 Å². The van der Waals surface area contributed by atoms with Gasteiger partial charge in [-0.15, -0.1) is 21.5 Å². The predicted molar refractivity (Wildman–Crippen MR) is 127 cm³/mol. The van der Waals surface area contributed by atoms with Crippen molar-refractivity contribution in [2.45, 2.75) is 24.1 Å². The Labute approximate surface area is 197 Å². The van der Waals surface area contributed by atoms with Crippen molar-refractivity contribution < 1.29 is 13.9 Å². The minimum Gasteiger partial charge on any atom is -0.397 e. The Morgan fingerprint density at radius 1 is 1.30 bits per heavy atom. The largest absolute Gasteiger partial charge is 0.397 e. The minimum absolute atomic E-state index is 0.0815. The lowest BCUT2D eigenvalue weighted by atomic mass is 10.2. The first-order chi connectivity index (χ1) is 16.1. The Balaban J connectivity index is 1.44. The number of fused-ring (bicyclic) bond motifs is 1. The molecule has 1 atom stereocenters. The average Bonchev–Trinajstić information content (AvgIpc) is 3.56. The predicted octanol–water partition coefficient (Wildman–Crippen LogP) is 3.65. The van der Waals surface area contributed by atoms with Gasteiger partial charge in [0.15, 0.2) is 11.0 Å². The molecule has 1 aromatic carbocycles. The van der Waals surface area contributed by atoms with Crippen LogP contribution in [0, 0.1) is 5.82 Å². The Morgan fingerprint density at radius 2 is 2.15 bits per heavy atom. The van der Waals surface area contributed by atoms with Gasteiger partial charge >= 0.3 is 0 Å². The van der Waals surface area contributed by atoms with Gasteiger partial charge in [0.05, 0.1) is 22.4 Å². The van der Waals surface area contributed by atoms with Gasteiger partial charge in [0.2, 0.25) is 5.91 Å². The zero-order valence-electron chi connectivity index (χ0n) is 17.5. The Morgan fingerprint density at radius 3 is 2.91 bits per heavy atom. The van der Waals surface area contributed by atoms with Crippen LogP contribution in [0.4, 0.5) is 10.1 Å². The number of carbonyl (C=O) groups excluding carboxylic acids is 1. The molecular weight excluding hydrogens is 463 g/mol. The second-order valence-electron chi connectivity index (χ2n) is 7.55. The highest BCUT2D eigenvalue weighted by atomic mass is 32.2. The monoisotopic (exact) mass is 484 g/mol. The van der Waals surface area contributed by atoms with Gasteiger partial charge in [0, 0.05) is 30.4 Å². The molecule has 3 N–H and O–H groups in total. The third kappa shape index (κ3) is 4.56. The normalized spacial score (nSPS) is 15.8.